The molecule has 0 spiro atoms. The van der Waals surface area contributed by atoms with Crippen LogP contribution in [0.5, 0.6) is 0 Å². The zero-order valence-electron chi connectivity index (χ0n) is 12.0. The molecule has 1 aromatic rings. The van der Waals surface area contributed by atoms with Gasteiger partial charge < -0.3 is 15.5 Å². The molecule has 1 fully saturated rings. The van der Waals surface area contributed by atoms with Gasteiger partial charge in [0.15, 0.2) is 0 Å². The smallest absolute Gasteiger partial charge is 0.276 e. The summed E-state index contributed by atoms with van der Waals surface area (Å²) >= 11 is 0. The minimum absolute atomic E-state index is 0.00198. The molecule has 0 radical (unpaired) electrons. The largest absolute Gasteiger partial charge is 0.370 e. The number of anilines is 2. The summed E-state index contributed by atoms with van der Waals surface area (Å²) in [6, 6.07) is 2.88. The average molecular weight is 293 g/mol. The Labute approximate surface area is 122 Å². The van der Waals surface area contributed by atoms with Gasteiger partial charge in [0.05, 0.1) is 17.1 Å². The first-order valence-corrected chi connectivity index (χ1v) is 7.02. The Balaban J connectivity index is 2.25. The van der Waals surface area contributed by atoms with Crippen LogP contribution in [-0.4, -0.2) is 42.0 Å². The van der Waals surface area contributed by atoms with Crippen LogP contribution in [0.25, 0.3) is 0 Å². The molecule has 0 saturated carbocycles. The molecule has 21 heavy (non-hydrogen) atoms. The molecule has 0 bridgehead atoms. The van der Waals surface area contributed by atoms with E-state index >= 15 is 0 Å². The zero-order valence-corrected chi connectivity index (χ0v) is 12.0. The Morgan fingerprint density at radius 3 is 3.00 bits per heavy atom. The lowest BCUT2D eigenvalue weighted by molar-refractivity contribution is -0.384. The molecule has 1 amide bonds. The molecule has 0 atom stereocenters. The topological polar surface area (TPSA) is 100 Å². The van der Waals surface area contributed by atoms with E-state index in [1.807, 2.05) is 11.8 Å². The van der Waals surface area contributed by atoms with Crippen LogP contribution in [0.2, 0.25) is 0 Å². The second-order valence-corrected chi connectivity index (χ2v) is 4.84. The van der Waals surface area contributed by atoms with Crippen molar-refractivity contribution in [3.8, 4) is 0 Å². The molecule has 1 saturated heterocycles. The minimum Gasteiger partial charge on any atom is -0.370 e. The van der Waals surface area contributed by atoms with Gasteiger partial charge in [-0.25, -0.2) is 4.98 Å². The van der Waals surface area contributed by atoms with Gasteiger partial charge in [-0.1, -0.05) is 6.92 Å². The highest BCUT2D eigenvalue weighted by Gasteiger charge is 2.18. The van der Waals surface area contributed by atoms with Gasteiger partial charge in [0.25, 0.3) is 5.69 Å². The number of carbonyl (C=O) groups is 1. The lowest BCUT2D eigenvalue weighted by Crippen LogP contribution is -2.29. The standard InChI is InChI=1S/C13H19N5O3/c1-2-4-14-11-8-10(18(20)21)9-12(16-11)17-6-3-13(19)15-5-7-17/h8-9H,2-7H2,1H3,(H,14,16)(H,15,19). The van der Waals surface area contributed by atoms with Gasteiger partial charge >= 0.3 is 0 Å². The average Bonchev–Trinajstić information content (AvgIpc) is 2.69. The second-order valence-electron chi connectivity index (χ2n) is 4.84. The Hall–Kier alpha value is -2.38. The van der Waals surface area contributed by atoms with Crippen LogP contribution in [0.3, 0.4) is 0 Å². The van der Waals surface area contributed by atoms with Crippen LogP contribution in [0.1, 0.15) is 19.8 Å². The molecule has 1 aromatic heterocycles. The summed E-state index contributed by atoms with van der Waals surface area (Å²) < 4.78 is 0. The lowest BCUT2D eigenvalue weighted by atomic mass is 10.3. The number of aromatic nitrogens is 1. The molecule has 1 aliphatic heterocycles. The number of nitrogens with zero attached hydrogens (tertiary/aromatic N) is 3. The van der Waals surface area contributed by atoms with E-state index < -0.39 is 4.92 Å². The first kappa shape index (κ1) is 15.0. The van der Waals surface area contributed by atoms with E-state index in [0.717, 1.165) is 6.42 Å². The van der Waals surface area contributed by atoms with Crippen LogP contribution in [0.4, 0.5) is 17.3 Å². The van der Waals surface area contributed by atoms with Gasteiger partial charge in [-0.05, 0) is 6.42 Å². The lowest BCUT2D eigenvalue weighted by Gasteiger charge is -2.21. The Kier molecular flexibility index (Phi) is 4.91. The van der Waals surface area contributed by atoms with E-state index in [1.54, 1.807) is 0 Å². The van der Waals surface area contributed by atoms with Crippen LogP contribution in [0.15, 0.2) is 12.1 Å². The Morgan fingerprint density at radius 2 is 2.29 bits per heavy atom. The normalized spacial score (nSPS) is 15.3. The summed E-state index contributed by atoms with van der Waals surface area (Å²) in [6.45, 7) is 4.33. The van der Waals surface area contributed by atoms with E-state index in [9.17, 15) is 14.9 Å². The van der Waals surface area contributed by atoms with E-state index in [-0.39, 0.29) is 11.6 Å². The molecule has 0 aliphatic carbocycles. The maximum absolute atomic E-state index is 11.4. The molecule has 1 aliphatic rings. The SMILES string of the molecule is CCCNc1cc([N+](=O)[O-])cc(N2CCNC(=O)CC2)n1. The summed E-state index contributed by atoms with van der Waals surface area (Å²) in [6.07, 6.45) is 1.27. The fourth-order valence-corrected chi connectivity index (χ4v) is 2.11. The monoisotopic (exact) mass is 293 g/mol. The van der Waals surface area contributed by atoms with Gasteiger partial charge in [-0.2, -0.15) is 0 Å². The van der Waals surface area contributed by atoms with Gasteiger partial charge in [0, 0.05) is 32.6 Å². The van der Waals surface area contributed by atoms with Crippen molar-refractivity contribution in [1.29, 1.82) is 0 Å². The highest BCUT2D eigenvalue weighted by Crippen LogP contribution is 2.23. The van der Waals surface area contributed by atoms with Crippen molar-refractivity contribution in [2.45, 2.75) is 19.8 Å². The first-order valence-electron chi connectivity index (χ1n) is 7.02. The number of carbonyl (C=O) groups excluding carboxylic acids is 1. The van der Waals surface area contributed by atoms with Crippen LogP contribution >= 0.6 is 0 Å². The molecular weight excluding hydrogens is 274 g/mol. The van der Waals surface area contributed by atoms with Gasteiger partial charge in [-0.3, -0.25) is 14.9 Å². The predicted octanol–water partition coefficient (Wildman–Crippen LogP) is 1.14. The van der Waals surface area contributed by atoms with Crippen LogP contribution in [-0.2, 0) is 4.79 Å². The number of hydrogen-bond acceptors (Lipinski definition) is 6. The maximum atomic E-state index is 11.4. The number of amides is 1. The Bertz CT molecular complexity index is 535. The third kappa shape index (κ3) is 4.04. The molecule has 2 heterocycles. The molecule has 114 valence electrons. The summed E-state index contributed by atoms with van der Waals surface area (Å²) in [5.41, 5.74) is 0.00198. The van der Waals surface area contributed by atoms with Crippen LogP contribution in [0, 0.1) is 10.1 Å². The third-order valence-electron chi connectivity index (χ3n) is 3.20. The third-order valence-corrected chi connectivity index (χ3v) is 3.20. The van der Waals surface area contributed by atoms with Crippen molar-refractivity contribution in [3.63, 3.8) is 0 Å². The highest BCUT2D eigenvalue weighted by molar-refractivity contribution is 5.77. The predicted molar refractivity (Wildman–Crippen MR) is 79.5 cm³/mol. The molecule has 8 nitrogen and oxygen atoms in total. The number of nitrogens with one attached hydrogen (secondary N) is 2. The fraction of sp³-hybridized carbons (Fsp3) is 0.538. The summed E-state index contributed by atoms with van der Waals surface area (Å²) in [4.78, 5) is 28.3. The zero-order chi connectivity index (χ0) is 15.2. The molecule has 8 heteroatoms. The molecule has 2 rings (SSSR count). The molecular formula is C13H19N5O3. The fourth-order valence-electron chi connectivity index (χ4n) is 2.11. The van der Waals surface area contributed by atoms with E-state index in [1.165, 1.54) is 12.1 Å². The molecule has 0 aromatic carbocycles. The summed E-state index contributed by atoms with van der Waals surface area (Å²) in [5, 5.41) is 16.9. The molecule has 2 N–H and O–H groups in total. The van der Waals surface area contributed by atoms with E-state index in [0.29, 0.717) is 44.2 Å². The quantitative estimate of drug-likeness (QED) is 0.623. The van der Waals surface area contributed by atoms with Crippen molar-refractivity contribution >= 4 is 23.2 Å². The van der Waals surface area contributed by atoms with E-state index in [4.69, 9.17) is 0 Å². The Morgan fingerprint density at radius 1 is 1.48 bits per heavy atom. The summed E-state index contributed by atoms with van der Waals surface area (Å²) in [7, 11) is 0. The minimum atomic E-state index is -0.427. The van der Waals surface area contributed by atoms with Gasteiger partial charge in [0.1, 0.15) is 11.6 Å². The first-order chi connectivity index (χ1) is 10.1. The summed E-state index contributed by atoms with van der Waals surface area (Å²) in [5.74, 6) is 1.01. The van der Waals surface area contributed by atoms with Gasteiger partial charge in [-0.15, -0.1) is 0 Å². The maximum Gasteiger partial charge on any atom is 0.276 e. The van der Waals surface area contributed by atoms with Crippen molar-refractivity contribution < 1.29 is 9.72 Å². The van der Waals surface area contributed by atoms with Crippen molar-refractivity contribution in [3.05, 3.63) is 22.2 Å². The van der Waals surface area contributed by atoms with Crippen LogP contribution < -0.4 is 15.5 Å². The number of pyridine rings is 1. The second kappa shape index (κ2) is 6.87. The number of hydrogen-bond donors (Lipinski definition) is 2. The number of rotatable bonds is 5. The molecule has 0 unspecified atom stereocenters. The highest BCUT2D eigenvalue weighted by atomic mass is 16.6. The van der Waals surface area contributed by atoms with Crippen molar-refractivity contribution in [2.75, 3.05) is 36.4 Å². The van der Waals surface area contributed by atoms with Gasteiger partial charge in [0.2, 0.25) is 5.91 Å². The van der Waals surface area contributed by atoms with Crippen molar-refractivity contribution in [2.24, 2.45) is 0 Å². The number of nitro groups is 1. The van der Waals surface area contributed by atoms with Crippen molar-refractivity contribution in [1.82, 2.24) is 10.3 Å². The van der Waals surface area contributed by atoms with E-state index in [2.05, 4.69) is 15.6 Å².